The molecule has 1 amide bonds. The van der Waals surface area contributed by atoms with Crippen LogP contribution in [0.3, 0.4) is 0 Å². The number of rotatable bonds is 4. The molecule has 1 unspecified atom stereocenters. The molecule has 0 saturated heterocycles. The van der Waals surface area contributed by atoms with Crippen LogP contribution in [0.2, 0.25) is 0 Å². The van der Waals surface area contributed by atoms with Crippen LogP contribution in [0.5, 0.6) is 0 Å². The van der Waals surface area contributed by atoms with E-state index in [2.05, 4.69) is 29.3 Å². The highest BCUT2D eigenvalue weighted by Crippen LogP contribution is 2.33. The molecule has 4 rings (SSSR count). The lowest BCUT2D eigenvalue weighted by Crippen LogP contribution is -2.29. The van der Waals surface area contributed by atoms with Gasteiger partial charge in [0.15, 0.2) is 0 Å². The predicted octanol–water partition coefficient (Wildman–Crippen LogP) is 4.62. The molecule has 1 aromatic heterocycles. The number of benzene rings is 2. The molecule has 132 valence electrons. The Balaban J connectivity index is 1.54. The van der Waals surface area contributed by atoms with Gasteiger partial charge in [-0.3, -0.25) is 4.79 Å². The largest absolute Gasteiger partial charge is 0.467 e. The van der Waals surface area contributed by atoms with Crippen molar-refractivity contribution in [1.82, 2.24) is 0 Å². The molecule has 1 N–H and O–H groups in total. The average molecular weight is 350 g/mol. The number of amides is 1. The number of carbonyl (C=O) groups excluding carboxylic acids is 1. The van der Waals surface area contributed by atoms with Gasteiger partial charge >= 0.3 is 0 Å². The van der Waals surface area contributed by atoms with E-state index < -0.39 is 0 Å². The van der Waals surface area contributed by atoms with Crippen molar-refractivity contribution in [3.63, 3.8) is 0 Å². The Labute approximate surface area is 151 Å². The van der Waals surface area contributed by atoms with Crippen LogP contribution in [0.1, 0.15) is 28.6 Å². The summed E-state index contributed by atoms with van der Waals surface area (Å²) in [5, 5.41) is 2.78. The van der Waals surface area contributed by atoms with Gasteiger partial charge < -0.3 is 14.6 Å². The molecule has 0 aliphatic carbocycles. The van der Waals surface area contributed by atoms with Gasteiger partial charge in [0.1, 0.15) is 11.6 Å². The predicted molar refractivity (Wildman–Crippen MR) is 98.9 cm³/mol. The van der Waals surface area contributed by atoms with E-state index in [1.807, 2.05) is 12.1 Å². The molecule has 4 nitrogen and oxygen atoms in total. The van der Waals surface area contributed by atoms with E-state index in [-0.39, 0.29) is 11.7 Å². The fourth-order valence-corrected chi connectivity index (χ4v) is 3.42. The van der Waals surface area contributed by atoms with Crippen molar-refractivity contribution in [3.05, 3.63) is 83.6 Å². The van der Waals surface area contributed by atoms with Gasteiger partial charge in [0.05, 0.1) is 18.4 Å². The molecule has 0 radical (unpaired) electrons. The van der Waals surface area contributed by atoms with Crippen molar-refractivity contribution >= 4 is 17.3 Å². The highest BCUT2D eigenvalue weighted by atomic mass is 19.1. The summed E-state index contributed by atoms with van der Waals surface area (Å²) >= 11 is 0. The number of carbonyl (C=O) groups is 1. The second kappa shape index (κ2) is 6.67. The molecule has 3 aromatic rings. The maximum atomic E-state index is 13.0. The monoisotopic (exact) mass is 350 g/mol. The lowest BCUT2D eigenvalue weighted by atomic mass is 10.1. The molecule has 1 atom stereocenters. The zero-order chi connectivity index (χ0) is 18.1. The molecule has 0 spiro atoms. The van der Waals surface area contributed by atoms with Gasteiger partial charge in [0.25, 0.3) is 5.91 Å². The van der Waals surface area contributed by atoms with E-state index in [4.69, 9.17) is 4.42 Å². The van der Waals surface area contributed by atoms with Crippen LogP contribution < -0.4 is 10.2 Å². The van der Waals surface area contributed by atoms with E-state index in [9.17, 15) is 9.18 Å². The molecule has 0 saturated carbocycles. The van der Waals surface area contributed by atoms with E-state index in [1.165, 1.54) is 41.8 Å². The van der Waals surface area contributed by atoms with Crippen molar-refractivity contribution in [2.75, 3.05) is 10.2 Å². The summed E-state index contributed by atoms with van der Waals surface area (Å²) in [4.78, 5) is 14.9. The number of hydrogen-bond acceptors (Lipinski definition) is 3. The fraction of sp³-hybridized carbons (Fsp3) is 0.190. The minimum atomic E-state index is -0.339. The second-order valence-electron chi connectivity index (χ2n) is 6.53. The summed E-state index contributed by atoms with van der Waals surface area (Å²) in [6, 6.07) is 16.0. The first-order valence-corrected chi connectivity index (χ1v) is 8.59. The molecule has 0 bridgehead atoms. The molecule has 1 aliphatic heterocycles. The summed E-state index contributed by atoms with van der Waals surface area (Å²) in [6.07, 6.45) is 2.51. The molecule has 2 heterocycles. The summed E-state index contributed by atoms with van der Waals surface area (Å²) < 4.78 is 18.6. The molecule has 0 fully saturated rings. The first-order chi connectivity index (χ1) is 12.6. The lowest BCUT2D eigenvalue weighted by Gasteiger charge is -2.24. The van der Waals surface area contributed by atoms with Crippen LogP contribution in [-0.2, 0) is 13.0 Å². The second-order valence-corrected chi connectivity index (χ2v) is 6.53. The van der Waals surface area contributed by atoms with Crippen LogP contribution in [0.15, 0.2) is 65.3 Å². The van der Waals surface area contributed by atoms with Crippen LogP contribution in [-0.4, -0.2) is 11.9 Å². The Bertz CT molecular complexity index is 933. The fourth-order valence-electron chi connectivity index (χ4n) is 3.42. The first-order valence-electron chi connectivity index (χ1n) is 8.59. The van der Waals surface area contributed by atoms with Crippen molar-refractivity contribution in [2.45, 2.75) is 25.9 Å². The number of halogens is 1. The molecular formula is C21H19FN2O2. The summed E-state index contributed by atoms with van der Waals surface area (Å²) in [5.41, 5.74) is 3.53. The third-order valence-corrected chi connectivity index (χ3v) is 4.75. The zero-order valence-electron chi connectivity index (χ0n) is 14.4. The Morgan fingerprint density at radius 1 is 1.19 bits per heavy atom. The highest BCUT2D eigenvalue weighted by molar-refractivity contribution is 6.05. The Kier molecular flexibility index (Phi) is 4.21. The van der Waals surface area contributed by atoms with Gasteiger partial charge in [0.2, 0.25) is 0 Å². The van der Waals surface area contributed by atoms with Crippen LogP contribution in [0.25, 0.3) is 0 Å². The minimum absolute atomic E-state index is 0.263. The van der Waals surface area contributed by atoms with Crippen LogP contribution in [0, 0.1) is 5.82 Å². The van der Waals surface area contributed by atoms with Crippen molar-refractivity contribution in [3.8, 4) is 0 Å². The highest BCUT2D eigenvalue weighted by Gasteiger charge is 2.28. The minimum Gasteiger partial charge on any atom is -0.467 e. The van der Waals surface area contributed by atoms with Gasteiger partial charge in [-0.05, 0) is 55.3 Å². The molecule has 1 aliphatic rings. The summed E-state index contributed by atoms with van der Waals surface area (Å²) in [6.45, 7) is 2.69. The SMILES string of the molecule is CC1Cc2ccccc2N1Cc1occc1C(=O)Nc1ccc(F)cc1. The van der Waals surface area contributed by atoms with E-state index in [1.54, 1.807) is 6.07 Å². The number of anilines is 2. The maximum absolute atomic E-state index is 13.0. The molecule has 26 heavy (non-hydrogen) atoms. The van der Waals surface area contributed by atoms with Gasteiger partial charge in [-0.2, -0.15) is 0 Å². The smallest absolute Gasteiger partial charge is 0.259 e. The van der Waals surface area contributed by atoms with Gasteiger partial charge in [-0.25, -0.2) is 4.39 Å². The Morgan fingerprint density at radius 3 is 2.77 bits per heavy atom. The van der Waals surface area contributed by atoms with E-state index in [0.29, 0.717) is 29.6 Å². The molecule has 5 heteroatoms. The maximum Gasteiger partial charge on any atom is 0.259 e. The van der Waals surface area contributed by atoms with Crippen LogP contribution >= 0.6 is 0 Å². The number of nitrogens with zero attached hydrogens (tertiary/aromatic N) is 1. The number of fused-ring (bicyclic) bond motifs is 1. The number of para-hydroxylation sites is 1. The Hall–Kier alpha value is -3.08. The number of furan rings is 1. The first kappa shape index (κ1) is 16.4. The van der Waals surface area contributed by atoms with Gasteiger partial charge in [0, 0.05) is 17.4 Å². The third kappa shape index (κ3) is 3.08. The zero-order valence-corrected chi connectivity index (χ0v) is 14.4. The lowest BCUT2D eigenvalue weighted by molar-refractivity contribution is 0.102. The quantitative estimate of drug-likeness (QED) is 0.747. The summed E-state index contributed by atoms with van der Waals surface area (Å²) in [5.74, 6) is 0.0161. The van der Waals surface area contributed by atoms with E-state index >= 15 is 0 Å². The van der Waals surface area contributed by atoms with Crippen molar-refractivity contribution in [2.24, 2.45) is 0 Å². The Morgan fingerprint density at radius 2 is 1.96 bits per heavy atom. The van der Waals surface area contributed by atoms with Gasteiger partial charge in [-0.15, -0.1) is 0 Å². The van der Waals surface area contributed by atoms with Crippen molar-refractivity contribution in [1.29, 1.82) is 0 Å². The molecule has 2 aromatic carbocycles. The standard InChI is InChI=1S/C21H19FN2O2/c1-14-12-15-4-2-3-5-19(15)24(14)13-20-18(10-11-26-20)21(25)23-17-8-6-16(22)7-9-17/h2-11,14H,12-13H2,1H3,(H,23,25). The average Bonchev–Trinajstić information content (AvgIpc) is 3.22. The summed E-state index contributed by atoms with van der Waals surface area (Å²) in [7, 11) is 0. The molecular weight excluding hydrogens is 331 g/mol. The topological polar surface area (TPSA) is 45.5 Å². The van der Waals surface area contributed by atoms with Crippen molar-refractivity contribution < 1.29 is 13.6 Å². The number of nitrogens with one attached hydrogen (secondary N) is 1. The van der Waals surface area contributed by atoms with Crippen LogP contribution in [0.4, 0.5) is 15.8 Å². The normalized spacial score (nSPS) is 15.8. The van der Waals surface area contributed by atoms with Gasteiger partial charge in [-0.1, -0.05) is 18.2 Å². The third-order valence-electron chi connectivity index (χ3n) is 4.75. The number of hydrogen-bond donors (Lipinski definition) is 1. The van der Waals surface area contributed by atoms with E-state index in [0.717, 1.165) is 6.42 Å².